The maximum absolute atomic E-state index is 13.9. The van der Waals surface area contributed by atoms with Crippen LogP contribution in [0.25, 0.3) is 0 Å². The summed E-state index contributed by atoms with van der Waals surface area (Å²) in [5.74, 6) is -2.56. The number of hydrogen-bond donors (Lipinski definition) is 2. The van der Waals surface area contributed by atoms with Gasteiger partial charge in [-0.2, -0.15) is 0 Å². The van der Waals surface area contributed by atoms with Crippen molar-refractivity contribution in [3.8, 4) is 0 Å². The van der Waals surface area contributed by atoms with Crippen molar-refractivity contribution in [3.63, 3.8) is 0 Å². The number of carboxylic acids is 1. The highest BCUT2D eigenvalue weighted by Crippen LogP contribution is 2.33. The number of fused-ring (bicyclic) bond motifs is 1. The average Bonchev–Trinajstić information content (AvgIpc) is 2.96. The van der Waals surface area contributed by atoms with Crippen LogP contribution in [0, 0.1) is 5.82 Å². The van der Waals surface area contributed by atoms with Gasteiger partial charge in [0.15, 0.2) is 0 Å². The van der Waals surface area contributed by atoms with E-state index in [4.69, 9.17) is 5.11 Å². The summed E-state index contributed by atoms with van der Waals surface area (Å²) >= 11 is 1.67. The van der Waals surface area contributed by atoms with E-state index in [9.17, 15) is 14.0 Å². The molecule has 1 aliphatic rings. The number of benzene rings is 1. The van der Waals surface area contributed by atoms with Crippen molar-refractivity contribution in [2.45, 2.75) is 25.3 Å². The maximum atomic E-state index is 13.9. The predicted molar refractivity (Wildman–Crippen MR) is 80.8 cm³/mol. The Balaban J connectivity index is 1.80. The Labute approximate surface area is 130 Å². The van der Waals surface area contributed by atoms with Crippen molar-refractivity contribution in [2.75, 3.05) is 0 Å². The molecule has 2 N–H and O–H groups in total. The van der Waals surface area contributed by atoms with Crippen molar-refractivity contribution < 1.29 is 19.1 Å². The summed E-state index contributed by atoms with van der Waals surface area (Å²) in [6.45, 7) is 0. The first-order chi connectivity index (χ1) is 10.6. The molecule has 0 spiro atoms. The Hall–Kier alpha value is -2.21. The number of amides is 1. The molecule has 0 fully saturated rings. The van der Waals surface area contributed by atoms with Gasteiger partial charge in [-0.15, -0.1) is 11.3 Å². The van der Waals surface area contributed by atoms with Crippen molar-refractivity contribution in [2.24, 2.45) is 0 Å². The SMILES string of the molecule is O=C(O)c1ccc(C(=O)NC2CCCc3sccc32)c(F)c1. The number of carbonyl (C=O) groups is 2. The Morgan fingerprint density at radius 3 is 2.86 bits per heavy atom. The van der Waals surface area contributed by atoms with Crippen LogP contribution in [0.2, 0.25) is 0 Å². The maximum Gasteiger partial charge on any atom is 0.335 e. The van der Waals surface area contributed by atoms with Gasteiger partial charge in [0.1, 0.15) is 5.82 Å². The molecule has 6 heteroatoms. The fourth-order valence-electron chi connectivity index (χ4n) is 2.70. The molecule has 1 unspecified atom stereocenters. The number of thiophene rings is 1. The second-order valence-corrected chi connectivity index (χ2v) is 6.22. The van der Waals surface area contributed by atoms with Crippen LogP contribution in [0.1, 0.15) is 50.0 Å². The van der Waals surface area contributed by atoms with Gasteiger partial charge in [0, 0.05) is 4.88 Å². The molecule has 0 bridgehead atoms. The van der Waals surface area contributed by atoms with Crippen molar-refractivity contribution >= 4 is 23.2 Å². The Morgan fingerprint density at radius 2 is 2.14 bits per heavy atom. The second-order valence-electron chi connectivity index (χ2n) is 5.22. The van der Waals surface area contributed by atoms with E-state index in [0.717, 1.165) is 30.9 Å². The Bertz CT molecular complexity index is 741. The molecule has 22 heavy (non-hydrogen) atoms. The van der Waals surface area contributed by atoms with E-state index in [0.29, 0.717) is 0 Å². The minimum absolute atomic E-state index is 0.110. The van der Waals surface area contributed by atoms with Gasteiger partial charge in [0.2, 0.25) is 0 Å². The minimum Gasteiger partial charge on any atom is -0.478 e. The molecule has 1 atom stereocenters. The molecule has 1 heterocycles. The first-order valence-corrected chi connectivity index (χ1v) is 7.84. The summed E-state index contributed by atoms with van der Waals surface area (Å²) in [5.41, 5.74) is 0.798. The van der Waals surface area contributed by atoms with E-state index >= 15 is 0 Å². The summed E-state index contributed by atoms with van der Waals surface area (Å²) in [6.07, 6.45) is 2.82. The molecule has 1 aliphatic carbocycles. The summed E-state index contributed by atoms with van der Waals surface area (Å²) < 4.78 is 13.9. The summed E-state index contributed by atoms with van der Waals surface area (Å²) in [5, 5.41) is 13.7. The van der Waals surface area contributed by atoms with Gasteiger partial charge >= 0.3 is 5.97 Å². The highest BCUT2D eigenvalue weighted by Gasteiger charge is 2.24. The zero-order chi connectivity index (χ0) is 15.7. The van der Waals surface area contributed by atoms with Crippen molar-refractivity contribution in [1.29, 1.82) is 0 Å². The first-order valence-electron chi connectivity index (χ1n) is 6.96. The van der Waals surface area contributed by atoms with Crippen LogP contribution in [0.5, 0.6) is 0 Å². The van der Waals surface area contributed by atoms with E-state index in [-0.39, 0.29) is 17.2 Å². The molecular weight excluding hydrogens is 305 g/mol. The monoisotopic (exact) mass is 319 g/mol. The van der Waals surface area contributed by atoms with Gasteiger partial charge in [0.25, 0.3) is 5.91 Å². The zero-order valence-electron chi connectivity index (χ0n) is 11.6. The minimum atomic E-state index is -1.22. The Morgan fingerprint density at radius 1 is 1.32 bits per heavy atom. The fourth-order valence-corrected chi connectivity index (χ4v) is 3.69. The lowest BCUT2D eigenvalue weighted by molar-refractivity contribution is 0.0695. The van der Waals surface area contributed by atoms with Crippen LogP contribution < -0.4 is 5.32 Å². The van der Waals surface area contributed by atoms with E-state index in [1.165, 1.54) is 17.0 Å². The molecule has 0 saturated carbocycles. The molecule has 0 saturated heterocycles. The number of hydrogen-bond acceptors (Lipinski definition) is 3. The summed E-state index contributed by atoms with van der Waals surface area (Å²) in [6, 6.07) is 5.20. The van der Waals surface area contributed by atoms with Gasteiger partial charge in [-0.05, 0) is 54.5 Å². The van der Waals surface area contributed by atoms with Crippen molar-refractivity contribution in [1.82, 2.24) is 5.32 Å². The third-order valence-electron chi connectivity index (χ3n) is 3.82. The quantitative estimate of drug-likeness (QED) is 0.911. The molecule has 2 aromatic rings. The largest absolute Gasteiger partial charge is 0.478 e. The molecule has 1 aromatic carbocycles. The van der Waals surface area contributed by atoms with E-state index < -0.39 is 17.7 Å². The lowest BCUT2D eigenvalue weighted by Crippen LogP contribution is -2.31. The molecule has 3 rings (SSSR count). The van der Waals surface area contributed by atoms with Crippen LogP contribution in [0.4, 0.5) is 4.39 Å². The topological polar surface area (TPSA) is 66.4 Å². The number of aromatic carboxylic acids is 1. The highest BCUT2D eigenvalue weighted by atomic mass is 32.1. The molecule has 0 aliphatic heterocycles. The second kappa shape index (κ2) is 5.88. The number of aryl methyl sites for hydroxylation is 1. The molecule has 0 radical (unpaired) electrons. The molecule has 1 aromatic heterocycles. The van der Waals surface area contributed by atoms with E-state index in [2.05, 4.69) is 5.32 Å². The van der Waals surface area contributed by atoms with Crippen LogP contribution >= 0.6 is 11.3 Å². The van der Waals surface area contributed by atoms with Crippen LogP contribution in [-0.2, 0) is 6.42 Å². The lowest BCUT2D eigenvalue weighted by atomic mass is 9.94. The normalized spacial score (nSPS) is 16.9. The van der Waals surface area contributed by atoms with Gasteiger partial charge in [-0.1, -0.05) is 0 Å². The number of carbonyl (C=O) groups excluding carboxylic acids is 1. The average molecular weight is 319 g/mol. The molecule has 114 valence electrons. The third kappa shape index (κ3) is 2.74. The smallest absolute Gasteiger partial charge is 0.335 e. The lowest BCUT2D eigenvalue weighted by Gasteiger charge is -2.23. The number of nitrogens with one attached hydrogen (secondary N) is 1. The fraction of sp³-hybridized carbons (Fsp3) is 0.250. The highest BCUT2D eigenvalue weighted by molar-refractivity contribution is 7.10. The summed E-state index contributed by atoms with van der Waals surface area (Å²) in [4.78, 5) is 24.3. The third-order valence-corrected chi connectivity index (χ3v) is 4.81. The van der Waals surface area contributed by atoms with Gasteiger partial charge in [0.05, 0.1) is 17.2 Å². The number of rotatable bonds is 3. The summed E-state index contributed by atoms with van der Waals surface area (Å²) in [7, 11) is 0. The molecular formula is C16H14FNO3S. The predicted octanol–water partition coefficient (Wildman–Crippen LogP) is 3.39. The van der Waals surface area contributed by atoms with Gasteiger partial charge in [-0.3, -0.25) is 4.79 Å². The first kappa shape index (κ1) is 14.7. The number of halogens is 1. The molecule has 1 amide bonds. The molecule has 4 nitrogen and oxygen atoms in total. The van der Waals surface area contributed by atoms with E-state index in [1.54, 1.807) is 11.3 Å². The Kier molecular flexibility index (Phi) is 3.94. The van der Waals surface area contributed by atoms with Gasteiger partial charge in [-0.25, -0.2) is 9.18 Å². The van der Waals surface area contributed by atoms with Gasteiger partial charge < -0.3 is 10.4 Å². The number of carboxylic acid groups (broad SMARTS) is 1. The van der Waals surface area contributed by atoms with Crippen LogP contribution in [0.15, 0.2) is 29.6 Å². The van der Waals surface area contributed by atoms with E-state index in [1.807, 2.05) is 11.4 Å². The van der Waals surface area contributed by atoms with Crippen LogP contribution in [0.3, 0.4) is 0 Å². The standard InChI is InChI=1S/C16H14FNO3S/c17-12-8-9(16(20)21)4-5-10(12)15(19)18-13-2-1-3-14-11(13)6-7-22-14/h4-8,13H,1-3H2,(H,18,19)(H,20,21). The van der Waals surface area contributed by atoms with Crippen molar-refractivity contribution in [3.05, 3.63) is 57.0 Å². The zero-order valence-corrected chi connectivity index (χ0v) is 12.5. The van der Waals surface area contributed by atoms with Crippen LogP contribution in [-0.4, -0.2) is 17.0 Å².